The fraction of sp³-hybridized carbons (Fsp3) is 0.381. The Hall–Kier alpha value is -2.73. The van der Waals surface area contributed by atoms with Crippen molar-refractivity contribution in [2.45, 2.75) is 32.7 Å². The maximum Gasteiger partial charge on any atom is 0.273 e. The topological polar surface area (TPSA) is 75.5 Å². The number of hydrogen-bond donors (Lipinski definition) is 1. The molecule has 0 saturated carbocycles. The molecule has 1 atom stereocenters. The van der Waals surface area contributed by atoms with Crippen molar-refractivity contribution in [3.8, 4) is 0 Å². The van der Waals surface area contributed by atoms with E-state index in [2.05, 4.69) is 36.2 Å². The molecule has 27 heavy (non-hydrogen) atoms. The fourth-order valence-electron chi connectivity index (χ4n) is 3.26. The van der Waals surface area contributed by atoms with Gasteiger partial charge < -0.3 is 5.32 Å². The average Bonchev–Trinajstić information content (AvgIpc) is 2.68. The summed E-state index contributed by atoms with van der Waals surface area (Å²) in [5.74, 6) is -0.200. The van der Waals surface area contributed by atoms with Crippen molar-refractivity contribution >= 4 is 11.6 Å². The van der Waals surface area contributed by atoms with Crippen molar-refractivity contribution in [1.29, 1.82) is 0 Å². The Morgan fingerprint density at radius 2 is 1.70 bits per heavy atom. The number of rotatable bonds is 10. The number of nitrogens with zero attached hydrogens (tertiary/aromatic N) is 2. The molecule has 0 aliphatic carbocycles. The lowest BCUT2D eigenvalue weighted by atomic mass is 10.0. The Labute approximate surface area is 160 Å². The molecule has 6 nitrogen and oxygen atoms in total. The minimum Gasteiger partial charge on any atom is -0.354 e. The zero-order valence-corrected chi connectivity index (χ0v) is 15.9. The molecule has 0 radical (unpaired) electrons. The molecule has 0 heterocycles. The summed E-state index contributed by atoms with van der Waals surface area (Å²) in [7, 11) is 0. The van der Waals surface area contributed by atoms with Crippen molar-refractivity contribution in [2.75, 3.05) is 19.6 Å². The molecule has 0 fully saturated rings. The molecule has 144 valence electrons. The quantitative estimate of drug-likeness (QED) is 0.515. The lowest BCUT2D eigenvalue weighted by Gasteiger charge is -2.30. The van der Waals surface area contributed by atoms with E-state index in [1.54, 1.807) is 18.2 Å². The molecule has 0 spiro atoms. The molecule has 0 aromatic heterocycles. The van der Waals surface area contributed by atoms with Gasteiger partial charge in [0.25, 0.3) is 5.69 Å². The number of carbonyl (C=O) groups is 1. The molecule has 2 aromatic carbocycles. The van der Waals surface area contributed by atoms with Gasteiger partial charge in [0, 0.05) is 24.2 Å². The van der Waals surface area contributed by atoms with Gasteiger partial charge in [-0.2, -0.15) is 0 Å². The van der Waals surface area contributed by atoms with Gasteiger partial charge in [0.05, 0.1) is 11.3 Å². The third-order valence-corrected chi connectivity index (χ3v) is 4.72. The van der Waals surface area contributed by atoms with Crippen LogP contribution in [-0.2, 0) is 17.6 Å². The summed E-state index contributed by atoms with van der Waals surface area (Å²) in [5, 5.41) is 14.1. The SMILES string of the molecule is CCN(CC)[C@@H](CNC(=O)Cc1ccccc1[N+](=O)[O-])Cc1ccccc1. The summed E-state index contributed by atoms with van der Waals surface area (Å²) in [6, 6.07) is 16.8. The van der Waals surface area contributed by atoms with E-state index in [-0.39, 0.29) is 24.1 Å². The van der Waals surface area contributed by atoms with Gasteiger partial charge in [0.2, 0.25) is 5.91 Å². The number of nitro benzene ring substituents is 1. The number of nitro groups is 1. The van der Waals surface area contributed by atoms with E-state index in [9.17, 15) is 14.9 Å². The molecule has 0 saturated heterocycles. The number of likely N-dealkylation sites (N-methyl/N-ethyl adjacent to an activating group) is 1. The molecule has 0 bridgehead atoms. The van der Waals surface area contributed by atoms with Crippen LogP contribution in [0.3, 0.4) is 0 Å². The van der Waals surface area contributed by atoms with Gasteiger partial charge in [0.1, 0.15) is 0 Å². The number of para-hydroxylation sites is 1. The van der Waals surface area contributed by atoms with E-state index in [1.807, 2.05) is 18.2 Å². The number of amides is 1. The van der Waals surface area contributed by atoms with Crippen LogP contribution in [0.5, 0.6) is 0 Å². The van der Waals surface area contributed by atoms with Crippen molar-refractivity contribution < 1.29 is 9.72 Å². The van der Waals surface area contributed by atoms with Crippen LogP contribution in [0.4, 0.5) is 5.69 Å². The van der Waals surface area contributed by atoms with Crippen molar-refractivity contribution in [3.63, 3.8) is 0 Å². The van der Waals surface area contributed by atoms with Gasteiger partial charge in [-0.1, -0.05) is 62.4 Å². The second kappa shape index (κ2) is 10.4. The smallest absolute Gasteiger partial charge is 0.273 e. The van der Waals surface area contributed by atoms with E-state index in [1.165, 1.54) is 11.6 Å². The molecule has 2 aromatic rings. The van der Waals surface area contributed by atoms with Crippen LogP contribution in [-0.4, -0.2) is 41.4 Å². The van der Waals surface area contributed by atoms with Crippen LogP contribution in [0.25, 0.3) is 0 Å². The number of carbonyl (C=O) groups excluding carboxylic acids is 1. The average molecular weight is 369 g/mol. The Morgan fingerprint density at radius 1 is 1.07 bits per heavy atom. The van der Waals surface area contributed by atoms with Crippen LogP contribution in [0, 0.1) is 10.1 Å². The Kier molecular flexibility index (Phi) is 7.95. The first kappa shape index (κ1) is 20.6. The van der Waals surface area contributed by atoms with E-state index in [4.69, 9.17) is 0 Å². The lowest BCUT2D eigenvalue weighted by Crippen LogP contribution is -2.45. The third-order valence-electron chi connectivity index (χ3n) is 4.72. The standard InChI is InChI=1S/C21H27N3O3/c1-3-23(4-2)19(14-17-10-6-5-7-11-17)16-22-21(25)15-18-12-8-9-13-20(18)24(26)27/h5-13,19H,3-4,14-16H2,1-2H3,(H,22,25)/t19-/m1/s1. The lowest BCUT2D eigenvalue weighted by molar-refractivity contribution is -0.385. The third kappa shape index (κ3) is 6.18. The normalized spacial score (nSPS) is 12.0. The van der Waals surface area contributed by atoms with E-state index >= 15 is 0 Å². The van der Waals surface area contributed by atoms with Crippen molar-refractivity contribution in [1.82, 2.24) is 10.2 Å². The van der Waals surface area contributed by atoms with E-state index < -0.39 is 4.92 Å². The number of benzene rings is 2. The fourth-order valence-corrected chi connectivity index (χ4v) is 3.26. The molecule has 1 N–H and O–H groups in total. The van der Waals surface area contributed by atoms with Gasteiger partial charge in [0.15, 0.2) is 0 Å². The van der Waals surface area contributed by atoms with Crippen LogP contribution in [0.1, 0.15) is 25.0 Å². The molecular weight excluding hydrogens is 342 g/mol. The summed E-state index contributed by atoms with van der Waals surface area (Å²) in [5.41, 5.74) is 1.64. The highest BCUT2D eigenvalue weighted by molar-refractivity contribution is 5.79. The van der Waals surface area contributed by atoms with Crippen molar-refractivity contribution in [3.05, 3.63) is 75.8 Å². The Balaban J connectivity index is 2.01. The summed E-state index contributed by atoms with van der Waals surface area (Å²) in [6.07, 6.45) is 0.849. The highest BCUT2D eigenvalue weighted by Crippen LogP contribution is 2.18. The zero-order valence-electron chi connectivity index (χ0n) is 15.9. The maximum absolute atomic E-state index is 12.4. The Morgan fingerprint density at radius 3 is 2.33 bits per heavy atom. The molecule has 0 unspecified atom stereocenters. The first-order chi connectivity index (χ1) is 13.0. The Bertz CT molecular complexity index is 745. The monoisotopic (exact) mass is 369 g/mol. The highest BCUT2D eigenvalue weighted by atomic mass is 16.6. The summed E-state index contributed by atoms with van der Waals surface area (Å²) >= 11 is 0. The predicted molar refractivity (Wildman–Crippen MR) is 107 cm³/mol. The number of hydrogen-bond acceptors (Lipinski definition) is 4. The minimum absolute atomic E-state index is 0.00740. The van der Waals surface area contributed by atoms with Gasteiger partial charge >= 0.3 is 0 Å². The molecule has 2 rings (SSSR count). The van der Waals surface area contributed by atoms with E-state index in [0.717, 1.165) is 19.5 Å². The summed E-state index contributed by atoms with van der Waals surface area (Å²) in [4.78, 5) is 25.4. The largest absolute Gasteiger partial charge is 0.354 e. The van der Waals surface area contributed by atoms with Gasteiger partial charge in [-0.25, -0.2) is 0 Å². The van der Waals surface area contributed by atoms with Crippen molar-refractivity contribution in [2.24, 2.45) is 0 Å². The van der Waals surface area contributed by atoms with Gasteiger partial charge in [-0.15, -0.1) is 0 Å². The summed E-state index contributed by atoms with van der Waals surface area (Å²) < 4.78 is 0. The highest BCUT2D eigenvalue weighted by Gasteiger charge is 2.19. The predicted octanol–water partition coefficient (Wildman–Crippen LogP) is 3.21. The molecule has 1 amide bonds. The molecule has 6 heteroatoms. The summed E-state index contributed by atoms with van der Waals surface area (Å²) in [6.45, 7) is 6.52. The van der Waals surface area contributed by atoms with E-state index in [0.29, 0.717) is 12.1 Å². The molecule has 0 aliphatic rings. The van der Waals surface area contributed by atoms with Crippen LogP contribution in [0.15, 0.2) is 54.6 Å². The maximum atomic E-state index is 12.4. The second-order valence-corrected chi connectivity index (χ2v) is 6.43. The zero-order chi connectivity index (χ0) is 19.6. The number of nitrogens with one attached hydrogen (secondary N) is 1. The molecule has 0 aliphatic heterocycles. The first-order valence-corrected chi connectivity index (χ1v) is 9.32. The molecular formula is C21H27N3O3. The van der Waals surface area contributed by atoms with Crippen LogP contribution >= 0.6 is 0 Å². The minimum atomic E-state index is -0.448. The van der Waals surface area contributed by atoms with Crippen LogP contribution in [0.2, 0.25) is 0 Å². The van der Waals surface area contributed by atoms with Gasteiger partial charge in [-0.05, 0) is 25.1 Å². The first-order valence-electron chi connectivity index (χ1n) is 9.32. The van der Waals surface area contributed by atoms with Gasteiger partial charge in [-0.3, -0.25) is 19.8 Å². The van der Waals surface area contributed by atoms with Crippen LogP contribution < -0.4 is 5.32 Å². The second-order valence-electron chi connectivity index (χ2n) is 6.43.